The fourth-order valence-corrected chi connectivity index (χ4v) is 0.836. The van der Waals surface area contributed by atoms with Gasteiger partial charge in [-0.1, -0.05) is 0 Å². The van der Waals surface area contributed by atoms with Crippen molar-refractivity contribution in [3.05, 3.63) is 0 Å². The zero-order chi connectivity index (χ0) is 12.7. The van der Waals surface area contributed by atoms with Crippen LogP contribution < -0.4 is 5.73 Å². The van der Waals surface area contributed by atoms with Crippen LogP contribution in [-0.2, 0) is 19.1 Å². The number of nitrogens with two attached hydrogens (primary N) is 1. The number of hydrogen-bond acceptors (Lipinski definition) is 8. The maximum absolute atomic E-state index is 10.4. The molecule has 0 heterocycles. The molecule has 16 heavy (non-hydrogen) atoms. The summed E-state index contributed by atoms with van der Waals surface area (Å²) in [4.78, 5) is 30.4. The van der Waals surface area contributed by atoms with Gasteiger partial charge in [-0.3, -0.25) is 4.79 Å². The SMILES string of the molecule is N[C@@H](C=O)[C@@H](O)[C@H](O)[C@H](O)COC(=O)C=O. The highest BCUT2D eigenvalue weighted by atomic mass is 16.5. The molecule has 0 amide bonds. The van der Waals surface area contributed by atoms with Crippen molar-refractivity contribution in [2.75, 3.05) is 6.61 Å². The summed E-state index contributed by atoms with van der Waals surface area (Å²) >= 11 is 0. The molecular weight excluding hydrogens is 222 g/mol. The Morgan fingerprint density at radius 1 is 1.25 bits per heavy atom. The molecule has 92 valence electrons. The average molecular weight is 235 g/mol. The molecule has 0 bridgehead atoms. The minimum atomic E-state index is -1.76. The third kappa shape index (κ3) is 4.45. The monoisotopic (exact) mass is 235 g/mol. The van der Waals surface area contributed by atoms with Crippen molar-refractivity contribution in [2.45, 2.75) is 24.4 Å². The number of rotatable bonds is 7. The van der Waals surface area contributed by atoms with Crippen LogP contribution in [0.5, 0.6) is 0 Å². The fourth-order valence-electron chi connectivity index (χ4n) is 0.836. The Bertz CT molecular complexity index is 257. The van der Waals surface area contributed by atoms with Crippen LogP contribution in [0.3, 0.4) is 0 Å². The highest BCUT2D eigenvalue weighted by Gasteiger charge is 2.29. The van der Waals surface area contributed by atoms with Crippen LogP contribution in [0.15, 0.2) is 0 Å². The van der Waals surface area contributed by atoms with E-state index in [0.29, 0.717) is 0 Å². The minimum Gasteiger partial charge on any atom is -0.457 e. The summed E-state index contributed by atoms with van der Waals surface area (Å²) in [5.74, 6) is -1.22. The van der Waals surface area contributed by atoms with Crippen LogP contribution in [-0.4, -0.2) is 64.8 Å². The average Bonchev–Trinajstić information content (AvgIpc) is 2.32. The van der Waals surface area contributed by atoms with Gasteiger partial charge in [0.25, 0.3) is 0 Å². The summed E-state index contributed by atoms with van der Waals surface area (Å²) in [6.45, 7) is -0.693. The van der Waals surface area contributed by atoms with Crippen LogP contribution in [0.2, 0.25) is 0 Å². The summed E-state index contributed by atoms with van der Waals surface area (Å²) in [5.41, 5.74) is 5.08. The van der Waals surface area contributed by atoms with E-state index in [9.17, 15) is 29.7 Å². The maximum Gasteiger partial charge on any atom is 0.371 e. The van der Waals surface area contributed by atoms with Crippen LogP contribution in [0.25, 0.3) is 0 Å². The molecule has 0 saturated carbocycles. The van der Waals surface area contributed by atoms with Crippen molar-refractivity contribution in [1.29, 1.82) is 0 Å². The number of carbonyl (C=O) groups excluding carboxylic acids is 3. The lowest BCUT2D eigenvalue weighted by Crippen LogP contribution is -2.50. The van der Waals surface area contributed by atoms with E-state index in [1.54, 1.807) is 0 Å². The molecule has 0 aromatic heterocycles. The zero-order valence-electron chi connectivity index (χ0n) is 8.22. The van der Waals surface area contributed by atoms with Crippen LogP contribution in [0, 0.1) is 0 Å². The van der Waals surface area contributed by atoms with E-state index < -0.39 is 36.9 Å². The van der Waals surface area contributed by atoms with E-state index in [4.69, 9.17) is 5.73 Å². The maximum atomic E-state index is 10.4. The molecule has 0 aliphatic rings. The first-order valence-corrected chi connectivity index (χ1v) is 4.31. The Morgan fingerprint density at radius 2 is 1.81 bits per heavy atom. The van der Waals surface area contributed by atoms with E-state index in [2.05, 4.69) is 4.74 Å². The zero-order valence-corrected chi connectivity index (χ0v) is 8.22. The molecule has 0 unspecified atom stereocenters. The van der Waals surface area contributed by atoms with Crippen molar-refractivity contribution in [3.8, 4) is 0 Å². The summed E-state index contributed by atoms with van der Waals surface area (Å²) in [6, 6.07) is -1.37. The first kappa shape index (κ1) is 14.6. The Morgan fingerprint density at radius 3 is 2.25 bits per heavy atom. The lowest BCUT2D eigenvalue weighted by molar-refractivity contribution is -0.155. The molecule has 0 aromatic rings. The summed E-state index contributed by atoms with van der Waals surface area (Å²) in [7, 11) is 0. The first-order chi connectivity index (χ1) is 7.43. The molecule has 8 nitrogen and oxygen atoms in total. The largest absolute Gasteiger partial charge is 0.457 e. The fraction of sp³-hybridized carbons (Fsp3) is 0.625. The van der Waals surface area contributed by atoms with Crippen molar-refractivity contribution in [2.24, 2.45) is 5.73 Å². The van der Waals surface area contributed by atoms with Crippen LogP contribution in [0.4, 0.5) is 0 Å². The van der Waals surface area contributed by atoms with Gasteiger partial charge in [-0.2, -0.15) is 0 Å². The topological polar surface area (TPSA) is 147 Å². The van der Waals surface area contributed by atoms with E-state index in [1.165, 1.54) is 0 Å². The molecule has 0 aliphatic carbocycles. The molecule has 0 spiro atoms. The van der Waals surface area contributed by atoms with Gasteiger partial charge in [0.15, 0.2) is 0 Å². The third-order valence-corrected chi connectivity index (χ3v) is 1.79. The van der Waals surface area contributed by atoms with Gasteiger partial charge in [-0.05, 0) is 0 Å². The van der Waals surface area contributed by atoms with Gasteiger partial charge in [-0.25, -0.2) is 4.79 Å². The number of esters is 1. The highest BCUT2D eigenvalue weighted by Crippen LogP contribution is 2.03. The second-order valence-corrected chi connectivity index (χ2v) is 3.01. The number of aliphatic hydroxyl groups is 3. The number of ether oxygens (including phenoxy) is 1. The Kier molecular flexibility index (Phi) is 6.42. The highest BCUT2D eigenvalue weighted by molar-refractivity contribution is 6.20. The van der Waals surface area contributed by atoms with Gasteiger partial charge in [0.2, 0.25) is 6.29 Å². The molecule has 5 N–H and O–H groups in total. The molecule has 4 atom stereocenters. The lowest BCUT2D eigenvalue weighted by atomic mass is 10.0. The number of aliphatic hydroxyl groups excluding tert-OH is 3. The molecule has 0 aliphatic heterocycles. The number of carbonyl (C=O) groups is 3. The second kappa shape index (κ2) is 7.01. The lowest BCUT2D eigenvalue weighted by Gasteiger charge is -2.24. The van der Waals surface area contributed by atoms with Gasteiger partial charge in [0.05, 0.1) is 6.04 Å². The minimum absolute atomic E-state index is 0.118. The quantitative estimate of drug-likeness (QED) is 0.200. The molecule has 0 fully saturated rings. The molecule has 0 rings (SSSR count). The Labute approximate surface area is 90.6 Å². The van der Waals surface area contributed by atoms with Crippen LogP contribution in [0.1, 0.15) is 0 Å². The molecule has 0 radical (unpaired) electrons. The summed E-state index contributed by atoms with van der Waals surface area (Å²) < 4.78 is 4.18. The number of hydrogen-bond donors (Lipinski definition) is 4. The third-order valence-electron chi connectivity index (χ3n) is 1.79. The van der Waals surface area contributed by atoms with Crippen molar-refractivity contribution < 1.29 is 34.4 Å². The van der Waals surface area contributed by atoms with E-state index in [-0.39, 0.29) is 12.6 Å². The predicted octanol–water partition coefficient (Wildman–Crippen LogP) is -3.66. The van der Waals surface area contributed by atoms with Crippen LogP contribution >= 0.6 is 0 Å². The molecule has 8 heteroatoms. The summed E-state index contributed by atoms with van der Waals surface area (Å²) in [5, 5.41) is 27.7. The van der Waals surface area contributed by atoms with E-state index in [0.717, 1.165) is 0 Å². The molecule has 0 saturated heterocycles. The molecular formula is C8H13NO7. The van der Waals surface area contributed by atoms with Crippen molar-refractivity contribution in [1.82, 2.24) is 0 Å². The van der Waals surface area contributed by atoms with Crippen molar-refractivity contribution in [3.63, 3.8) is 0 Å². The predicted molar refractivity (Wildman–Crippen MR) is 49.1 cm³/mol. The first-order valence-electron chi connectivity index (χ1n) is 4.31. The normalized spacial score (nSPS) is 18.0. The van der Waals surface area contributed by atoms with Gasteiger partial charge in [0, 0.05) is 0 Å². The second-order valence-electron chi connectivity index (χ2n) is 3.01. The molecule has 0 aromatic carbocycles. The number of aldehydes is 2. The van der Waals surface area contributed by atoms with Crippen molar-refractivity contribution >= 4 is 18.5 Å². The van der Waals surface area contributed by atoms with E-state index in [1.807, 2.05) is 0 Å². The van der Waals surface area contributed by atoms with Gasteiger partial charge < -0.3 is 30.6 Å². The smallest absolute Gasteiger partial charge is 0.371 e. The summed E-state index contributed by atoms with van der Waals surface area (Å²) in [6.07, 6.45) is -5.03. The Balaban J connectivity index is 4.16. The standard InChI is InChI=1S/C8H13NO7/c9-4(1-10)7(14)8(15)5(12)3-16-6(13)2-11/h1-2,4-5,7-8,12,14-15H,3,9H2/t4-,5+,7+,8+/m0/s1. The van der Waals surface area contributed by atoms with Gasteiger partial charge in [0.1, 0.15) is 31.2 Å². The van der Waals surface area contributed by atoms with E-state index >= 15 is 0 Å². The Hall–Kier alpha value is -1.35. The van der Waals surface area contributed by atoms with Gasteiger partial charge >= 0.3 is 5.97 Å². The van der Waals surface area contributed by atoms with Gasteiger partial charge in [-0.15, -0.1) is 0 Å².